The molecule has 0 radical (unpaired) electrons. The third-order valence-electron chi connectivity index (χ3n) is 10.5. The van der Waals surface area contributed by atoms with Gasteiger partial charge in [-0.15, -0.1) is 0 Å². The predicted octanol–water partition coefficient (Wildman–Crippen LogP) is 4.84. The zero-order valence-corrected chi connectivity index (χ0v) is 33.8. The van der Waals surface area contributed by atoms with E-state index < -0.39 is 110 Å². The molecule has 4 aliphatic heterocycles. The Labute approximate surface area is 356 Å². The topological polar surface area (TPSA) is 187 Å². The highest BCUT2D eigenvalue weighted by Gasteiger charge is 2.64. The van der Waals surface area contributed by atoms with Crippen LogP contribution >= 0.6 is 0 Å². The van der Waals surface area contributed by atoms with E-state index in [0.717, 1.165) is 0 Å². The van der Waals surface area contributed by atoms with Gasteiger partial charge in [0, 0.05) is 6.92 Å². The summed E-state index contributed by atoms with van der Waals surface area (Å²) in [7, 11) is 0. The fourth-order valence-corrected chi connectivity index (χ4v) is 7.72. The summed E-state index contributed by atoms with van der Waals surface area (Å²) >= 11 is 0. The van der Waals surface area contributed by atoms with Crippen LogP contribution in [0.2, 0.25) is 0 Å². The number of benzene rings is 4. The lowest BCUT2D eigenvalue weighted by atomic mass is 9.95. The molecule has 4 saturated heterocycles. The van der Waals surface area contributed by atoms with Gasteiger partial charge in [0.2, 0.25) is 0 Å². The Morgan fingerprint density at radius 3 is 1.45 bits per heavy atom. The first-order chi connectivity index (χ1) is 29.9. The first-order valence-corrected chi connectivity index (χ1v) is 20.1. The normalized spacial score (nSPS) is 29.4. The minimum Gasteiger partial charge on any atom is -0.463 e. The lowest BCUT2D eigenvalue weighted by Gasteiger charge is -2.46. The van der Waals surface area contributed by atoms with Crippen LogP contribution in [-0.4, -0.2) is 116 Å². The monoisotopic (exact) mass is 852 g/mol. The Balaban J connectivity index is 1.21. The SMILES string of the molecule is CC(=O)OC[C@@H]1O[C@@H]2O[C@H]1[C@@H](O[C@@H]1O[C@H](COC(=O)c3ccccc3)[C@@H](OC(=O)c3ccccc3)[C@H](OC(=O)c3ccccc3)[C@H]1OC(=O)c1ccccc1)[C@@H]1OC(C)(C)O[C@H]21. The van der Waals surface area contributed by atoms with Crippen molar-refractivity contribution in [1.29, 1.82) is 0 Å². The summed E-state index contributed by atoms with van der Waals surface area (Å²) in [5, 5.41) is 0. The summed E-state index contributed by atoms with van der Waals surface area (Å²) in [5.74, 6) is -5.02. The first-order valence-electron chi connectivity index (χ1n) is 20.1. The van der Waals surface area contributed by atoms with Crippen molar-refractivity contribution in [2.24, 2.45) is 0 Å². The van der Waals surface area contributed by atoms with Crippen molar-refractivity contribution in [2.75, 3.05) is 13.2 Å². The van der Waals surface area contributed by atoms with E-state index in [-0.39, 0.29) is 28.9 Å². The maximum absolute atomic E-state index is 14.1. The molecule has 0 N–H and O–H groups in total. The molecule has 8 rings (SSSR count). The molecule has 11 atom stereocenters. The molecule has 4 fully saturated rings. The van der Waals surface area contributed by atoms with Crippen LogP contribution in [-0.2, 0) is 56.9 Å². The van der Waals surface area contributed by atoms with E-state index in [1.165, 1.54) is 43.3 Å². The molecule has 0 spiro atoms. The minimum absolute atomic E-state index is 0.120. The molecule has 0 saturated carbocycles. The van der Waals surface area contributed by atoms with Gasteiger partial charge in [0.15, 0.2) is 36.7 Å². The van der Waals surface area contributed by atoms with Gasteiger partial charge >= 0.3 is 29.8 Å². The molecule has 62 heavy (non-hydrogen) atoms. The van der Waals surface area contributed by atoms with Gasteiger partial charge in [-0.2, -0.15) is 0 Å². The number of esters is 5. The molecule has 4 aromatic rings. The molecule has 0 aromatic heterocycles. The molecule has 16 nitrogen and oxygen atoms in total. The van der Waals surface area contributed by atoms with Crippen LogP contribution in [0.3, 0.4) is 0 Å². The van der Waals surface area contributed by atoms with Gasteiger partial charge in [-0.25, -0.2) is 19.2 Å². The average Bonchev–Trinajstić information content (AvgIpc) is 3.84. The summed E-state index contributed by atoms with van der Waals surface area (Å²) in [5.41, 5.74) is 0.601. The molecule has 16 heteroatoms. The van der Waals surface area contributed by atoms with Crippen molar-refractivity contribution in [2.45, 2.75) is 94.1 Å². The fraction of sp³-hybridized carbons (Fsp3) is 0.370. The Hall–Kier alpha value is -6.01. The summed E-state index contributed by atoms with van der Waals surface area (Å²) in [6, 6.07) is 32.2. The Kier molecular flexibility index (Phi) is 12.8. The molecule has 4 aliphatic rings. The zero-order chi connectivity index (χ0) is 43.4. The van der Waals surface area contributed by atoms with Crippen molar-refractivity contribution >= 4 is 29.8 Å². The third-order valence-corrected chi connectivity index (χ3v) is 10.5. The highest BCUT2D eigenvalue weighted by molar-refractivity contribution is 5.91. The average molecular weight is 853 g/mol. The van der Waals surface area contributed by atoms with Crippen LogP contribution in [0.5, 0.6) is 0 Å². The number of rotatable bonds is 13. The Morgan fingerprint density at radius 1 is 0.484 bits per heavy atom. The van der Waals surface area contributed by atoms with Gasteiger partial charge < -0.3 is 52.1 Å². The molecule has 4 aromatic carbocycles. The molecule has 2 bridgehead atoms. The summed E-state index contributed by atoms with van der Waals surface area (Å²) in [4.78, 5) is 67.4. The number of carbonyl (C=O) groups excluding carboxylic acids is 5. The largest absolute Gasteiger partial charge is 0.463 e. The summed E-state index contributed by atoms with van der Waals surface area (Å²) in [6.45, 7) is 3.88. The van der Waals surface area contributed by atoms with Crippen LogP contribution in [0.1, 0.15) is 62.2 Å². The number of hydrogen-bond acceptors (Lipinski definition) is 16. The van der Waals surface area contributed by atoms with Crippen molar-refractivity contribution in [3.8, 4) is 0 Å². The van der Waals surface area contributed by atoms with Crippen molar-refractivity contribution in [1.82, 2.24) is 0 Å². The van der Waals surface area contributed by atoms with E-state index in [1.807, 2.05) is 0 Å². The molecular formula is C46H44O16. The summed E-state index contributed by atoms with van der Waals surface area (Å²) in [6.07, 6.45) is -13.7. The second kappa shape index (κ2) is 18.5. The minimum atomic E-state index is -1.69. The van der Waals surface area contributed by atoms with E-state index in [9.17, 15) is 24.0 Å². The second-order valence-electron chi connectivity index (χ2n) is 15.3. The maximum Gasteiger partial charge on any atom is 0.338 e. The second-order valence-corrected chi connectivity index (χ2v) is 15.3. The van der Waals surface area contributed by atoms with Gasteiger partial charge in [0.1, 0.15) is 49.8 Å². The number of carbonyl (C=O) groups is 5. The smallest absolute Gasteiger partial charge is 0.338 e. The van der Waals surface area contributed by atoms with Gasteiger partial charge in [-0.3, -0.25) is 4.79 Å². The van der Waals surface area contributed by atoms with Crippen LogP contribution in [0, 0.1) is 0 Å². The lowest BCUT2D eigenvalue weighted by molar-refractivity contribution is -0.330. The van der Waals surface area contributed by atoms with Crippen LogP contribution in [0.4, 0.5) is 0 Å². The van der Waals surface area contributed by atoms with Crippen molar-refractivity contribution in [3.63, 3.8) is 0 Å². The highest BCUT2D eigenvalue weighted by Crippen LogP contribution is 2.45. The number of hydrogen-bond donors (Lipinski definition) is 0. The highest BCUT2D eigenvalue weighted by atomic mass is 16.8. The molecule has 4 heterocycles. The number of ether oxygens (including phenoxy) is 11. The molecule has 0 unspecified atom stereocenters. The quantitative estimate of drug-likeness (QED) is 0.131. The van der Waals surface area contributed by atoms with E-state index >= 15 is 0 Å². The molecule has 0 aliphatic carbocycles. The first kappa shape index (κ1) is 42.7. The van der Waals surface area contributed by atoms with E-state index in [1.54, 1.807) is 98.8 Å². The molecule has 324 valence electrons. The summed E-state index contributed by atoms with van der Waals surface area (Å²) < 4.78 is 68.1. The van der Waals surface area contributed by atoms with Crippen molar-refractivity contribution in [3.05, 3.63) is 144 Å². The zero-order valence-electron chi connectivity index (χ0n) is 33.8. The van der Waals surface area contributed by atoms with Gasteiger partial charge in [-0.1, -0.05) is 72.8 Å². The van der Waals surface area contributed by atoms with E-state index in [0.29, 0.717) is 0 Å². The predicted molar refractivity (Wildman–Crippen MR) is 211 cm³/mol. The Morgan fingerprint density at radius 2 is 0.935 bits per heavy atom. The Bertz CT molecular complexity index is 2200. The van der Waals surface area contributed by atoms with Crippen LogP contribution in [0.15, 0.2) is 121 Å². The molecule has 0 amide bonds. The van der Waals surface area contributed by atoms with Crippen molar-refractivity contribution < 1.29 is 76.1 Å². The van der Waals surface area contributed by atoms with Gasteiger partial charge in [-0.05, 0) is 62.4 Å². The van der Waals surface area contributed by atoms with Crippen LogP contribution < -0.4 is 0 Å². The maximum atomic E-state index is 14.1. The van der Waals surface area contributed by atoms with Gasteiger partial charge in [0.05, 0.1) is 22.3 Å². The number of fused-ring (bicyclic) bond motifs is 4. The fourth-order valence-electron chi connectivity index (χ4n) is 7.72. The third kappa shape index (κ3) is 9.55. The van der Waals surface area contributed by atoms with Gasteiger partial charge in [0.25, 0.3) is 0 Å². The molecular weight excluding hydrogens is 808 g/mol. The van der Waals surface area contributed by atoms with Crippen LogP contribution in [0.25, 0.3) is 0 Å². The standard InChI is InChI=1S/C46H44O16/c1-26(47)52-24-31-34-35(37-39(45(55-31)59-34)62-46(2,3)61-37)60-44-38(58-43(51)30-22-14-7-15-23-30)36(57-42(50)29-20-12-6-13-21-29)33(56-41(49)28-18-10-5-11-19-28)32(54-44)25-53-40(48)27-16-8-4-9-17-27/h4-23,31-39,44-45H,24-25H2,1-3H3/t31-,32+,33+,34+,35+,36-,37-,38+,39-,44-,45+/m0/s1. The van der Waals surface area contributed by atoms with E-state index in [4.69, 9.17) is 52.1 Å². The lowest BCUT2D eigenvalue weighted by Crippen LogP contribution is -2.65. The van der Waals surface area contributed by atoms with E-state index in [2.05, 4.69) is 0 Å².